The van der Waals surface area contributed by atoms with Crippen LogP contribution >= 0.6 is 0 Å². The second-order valence-corrected chi connectivity index (χ2v) is 11.2. The molecule has 0 unspecified atom stereocenters. The van der Waals surface area contributed by atoms with Crippen molar-refractivity contribution in [2.45, 2.75) is 0 Å². The molecule has 3 heterocycles. The number of hydrogen-bond donors (Lipinski definition) is 0. The number of imidazole rings is 1. The Hall–Kier alpha value is -4.86. The van der Waals surface area contributed by atoms with Crippen molar-refractivity contribution >= 4 is 60.7 Å². The van der Waals surface area contributed by atoms with E-state index in [-0.39, 0.29) is 21.1 Å². The molecule has 6 heteroatoms. The molecule has 6 aromatic carbocycles. The molecule has 5 nitrogen and oxygen atoms in total. The Bertz CT molecular complexity index is 2380. The molecule has 0 saturated carbocycles. The summed E-state index contributed by atoms with van der Waals surface area (Å²) in [4.78, 5) is 9.34. The van der Waals surface area contributed by atoms with Crippen LogP contribution in [0.25, 0.3) is 60.7 Å². The smallest absolute Gasteiger partial charge is 0.0770 e. The van der Waals surface area contributed by atoms with Gasteiger partial charge in [-0.05, 0) is 59.1 Å². The molecule has 2 aromatic heterocycles. The fourth-order valence-corrected chi connectivity index (χ4v) is 6.56. The number of anilines is 3. The van der Waals surface area contributed by atoms with Crippen molar-refractivity contribution in [3.8, 4) is 17.1 Å². The monoisotopic (exact) mass is 747 g/mol. The summed E-state index contributed by atoms with van der Waals surface area (Å²) < 4.78 is 4.46. The number of fused-ring (bicyclic) bond motifs is 6. The molecule has 8 aromatic rings. The molecule has 44 heavy (non-hydrogen) atoms. The van der Waals surface area contributed by atoms with Gasteiger partial charge in [0.05, 0.1) is 16.9 Å². The molecule has 0 spiro atoms. The van der Waals surface area contributed by atoms with Gasteiger partial charge < -0.3 is 18.9 Å². The molecule has 0 fully saturated rings. The molecule has 0 atom stereocenters. The maximum absolute atomic E-state index is 4.98. The van der Waals surface area contributed by atoms with Gasteiger partial charge >= 0.3 is 0 Å². The first-order valence-corrected chi connectivity index (χ1v) is 14.4. The number of rotatable bonds is 3. The van der Waals surface area contributed by atoms with E-state index in [0.717, 1.165) is 55.9 Å². The molecule has 0 bridgehead atoms. The Morgan fingerprint density at radius 3 is 2.20 bits per heavy atom. The summed E-state index contributed by atoms with van der Waals surface area (Å²) in [6.07, 6.45) is 0. The van der Waals surface area contributed by atoms with Gasteiger partial charge in [-0.3, -0.25) is 4.98 Å². The quantitative estimate of drug-likeness (QED) is 0.169. The van der Waals surface area contributed by atoms with E-state index in [1.54, 1.807) is 0 Å². The van der Waals surface area contributed by atoms with E-state index in [4.69, 9.17) is 4.98 Å². The van der Waals surface area contributed by atoms with Gasteiger partial charge in [0.2, 0.25) is 0 Å². The van der Waals surface area contributed by atoms with Gasteiger partial charge in [-0.1, -0.05) is 65.7 Å². The van der Waals surface area contributed by atoms with E-state index >= 15 is 0 Å². The first-order valence-electron chi connectivity index (χ1n) is 14.4. The standard InChI is InChI=1S/C38H26N5.Pt/c1-40-24-42(35-17-8-7-16-34(35)40)28-12-9-13-29(23-28)43-36-22-27(38-39-32-14-5-6-15-33(32)41(38)2)18-19-30(36)31-20-25-10-3-4-11-26(25)21-37(31)43;/h3-21,24H,1-2H3;/q-3;. The van der Waals surface area contributed by atoms with E-state index in [9.17, 15) is 0 Å². The van der Waals surface area contributed by atoms with Crippen LogP contribution in [-0.2, 0) is 28.1 Å². The first-order chi connectivity index (χ1) is 21.1. The van der Waals surface area contributed by atoms with E-state index < -0.39 is 0 Å². The van der Waals surface area contributed by atoms with Crippen molar-refractivity contribution in [1.29, 1.82) is 0 Å². The number of hydrogen-bond acceptors (Lipinski definition) is 3. The summed E-state index contributed by atoms with van der Waals surface area (Å²) in [5, 5.41) is 4.77. The van der Waals surface area contributed by atoms with Crippen molar-refractivity contribution in [3.63, 3.8) is 0 Å². The van der Waals surface area contributed by atoms with Gasteiger partial charge in [0, 0.05) is 45.0 Å². The Balaban J connectivity index is 0.00000289. The molecular formula is C38H26N5Pt-3. The summed E-state index contributed by atoms with van der Waals surface area (Å²) in [6.45, 7) is 2.12. The van der Waals surface area contributed by atoms with Gasteiger partial charge in [0.15, 0.2) is 0 Å². The molecule has 0 radical (unpaired) electrons. The summed E-state index contributed by atoms with van der Waals surface area (Å²) in [6, 6.07) is 48.2. The number of para-hydroxylation sites is 4. The summed E-state index contributed by atoms with van der Waals surface area (Å²) in [7, 11) is 4.15. The van der Waals surface area contributed by atoms with Crippen molar-refractivity contribution in [2.75, 3.05) is 16.8 Å². The van der Waals surface area contributed by atoms with Gasteiger partial charge in [-0.2, -0.15) is 12.7 Å². The fraction of sp³-hybridized carbons (Fsp3) is 0.0526. The van der Waals surface area contributed by atoms with Crippen LogP contribution in [0.3, 0.4) is 0 Å². The maximum atomic E-state index is 4.98. The number of benzene rings is 6. The van der Waals surface area contributed by atoms with E-state index in [1.165, 1.54) is 21.8 Å². The molecule has 0 saturated heterocycles. The normalized spacial score (nSPS) is 12.9. The molecule has 0 amide bonds. The maximum Gasteiger partial charge on any atom is 0.0770 e. The molecule has 0 N–H and O–H groups in total. The van der Waals surface area contributed by atoms with Crippen LogP contribution in [0.5, 0.6) is 0 Å². The molecule has 0 aliphatic carbocycles. The van der Waals surface area contributed by atoms with E-state index in [1.807, 2.05) is 6.07 Å². The van der Waals surface area contributed by atoms with Crippen molar-refractivity contribution < 1.29 is 21.1 Å². The average Bonchev–Trinajstić information content (AvgIpc) is 3.68. The zero-order chi connectivity index (χ0) is 28.7. The minimum absolute atomic E-state index is 0. The van der Waals surface area contributed by atoms with Crippen molar-refractivity contribution in [3.05, 3.63) is 134 Å². The Labute approximate surface area is 269 Å². The zero-order valence-electron chi connectivity index (χ0n) is 24.1. The Morgan fingerprint density at radius 1 is 0.636 bits per heavy atom. The summed E-state index contributed by atoms with van der Waals surface area (Å²) >= 11 is 0. The van der Waals surface area contributed by atoms with Crippen LogP contribution < -0.4 is 9.80 Å². The summed E-state index contributed by atoms with van der Waals surface area (Å²) in [5.41, 5.74) is 9.43. The van der Waals surface area contributed by atoms with Gasteiger partial charge in [-0.25, -0.2) is 0 Å². The molecule has 1 aliphatic heterocycles. The topological polar surface area (TPSA) is 29.2 Å². The Morgan fingerprint density at radius 2 is 1.36 bits per heavy atom. The predicted octanol–water partition coefficient (Wildman–Crippen LogP) is 8.80. The fourth-order valence-electron chi connectivity index (χ4n) is 6.56. The third-order valence-electron chi connectivity index (χ3n) is 8.65. The third kappa shape index (κ3) is 3.93. The molecule has 1 aliphatic rings. The summed E-state index contributed by atoms with van der Waals surface area (Å²) in [5.74, 6) is 0.897. The Kier molecular flexibility index (Phi) is 6.14. The minimum Gasteiger partial charge on any atom is -0.504 e. The van der Waals surface area contributed by atoms with Gasteiger partial charge in [0.1, 0.15) is 0 Å². The molecular weight excluding hydrogens is 722 g/mol. The third-order valence-corrected chi connectivity index (χ3v) is 8.65. The van der Waals surface area contributed by atoms with Crippen LogP contribution in [0, 0.1) is 18.8 Å². The zero-order valence-corrected chi connectivity index (χ0v) is 26.4. The van der Waals surface area contributed by atoms with Gasteiger partial charge in [0.25, 0.3) is 0 Å². The van der Waals surface area contributed by atoms with Crippen LogP contribution in [0.4, 0.5) is 17.1 Å². The van der Waals surface area contributed by atoms with Crippen LogP contribution in [0.2, 0.25) is 0 Å². The van der Waals surface area contributed by atoms with Crippen molar-refractivity contribution in [2.24, 2.45) is 7.05 Å². The van der Waals surface area contributed by atoms with E-state index in [2.05, 4.69) is 161 Å². The van der Waals surface area contributed by atoms with Crippen LogP contribution in [-0.4, -0.2) is 21.2 Å². The van der Waals surface area contributed by atoms with Crippen LogP contribution in [0.1, 0.15) is 0 Å². The number of aryl methyl sites for hydroxylation is 1. The van der Waals surface area contributed by atoms with Crippen molar-refractivity contribution in [1.82, 2.24) is 14.1 Å². The second kappa shape index (κ2) is 10.1. The van der Waals surface area contributed by atoms with Crippen LogP contribution in [0.15, 0.2) is 115 Å². The van der Waals surface area contributed by atoms with E-state index in [0.29, 0.717) is 0 Å². The number of nitrogens with zero attached hydrogens (tertiary/aromatic N) is 5. The average molecular weight is 748 g/mol. The predicted molar refractivity (Wildman–Crippen MR) is 177 cm³/mol. The van der Waals surface area contributed by atoms with Gasteiger partial charge in [-0.15, -0.1) is 47.6 Å². The minimum atomic E-state index is 0. The molecule has 9 rings (SSSR count). The first kappa shape index (κ1) is 26.7. The SMILES string of the molecule is CN1[CH-]N(c2[c-]c(-n3c4[c-]c(-c5nc6ccccc6n5C)ccc4c4cc5ccccc5cc43)ccc2)c2ccccc21.[Pt]. The largest absolute Gasteiger partial charge is 0.504 e. The molecule has 216 valence electrons. The number of aromatic nitrogens is 3. The second-order valence-electron chi connectivity index (χ2n) is 11.2.